The van der Waals surface area contributed by atoms with Crippen molar-refractivity contribution in [1.29, 1.82) is 0 Å². The number of imidazole rings is 1. The van der Waals surface area contributed by atoms with E-state index in [1.807, 2.05) is 7.05 Å². The van der Waals surface area contributed by atoms with Gasteiger partial charge in [-0.15, -0.1) is 0 Å². The van der Waals surface area contributed by atoms with Crippen molar-refractivity contribution < 1.29 is 4.79 Å². The molecule has 1 amide bonds. The molecule has 136 valence electrons. The van der Waals surface area contributed by atoms with Gasteiger partial charge in [0.15, 0.2) is 11.2 Å². The highest BCUT2D eigenvalue weighted by atomic mass is 16.2. The number of amides is 1. The second kappa shape index (κ2) is 6.50. The number of rotatable bonds is 3. The number of nitrogens with zero attached hydrogens (tertiary/aromatic N) is 5. The fourth-order valence-corrected chi connectivity index (χ4v) is 3.61. The largest absolute Gasteiger partial charge is 0.341 e. The van der Waals surface area contributed by atoms with Crippen LogP contribution >= 0.6 is 0 Å². The first-order chi connectivity index (χ1) is 11.8. The first kappa shape index (κ1) is 17.4. The fraction of sp³-hybridized carbons (Fsp3) is 0.647. The van der Waals surface area contributed by atoms with Gasteiger partial charge in [-0.05, 0) is 31.6 Å². The van der Waals surface area contributed by atoms with Crippen LogP contribution in [0.5, 0.6) is 0 Å². The Bertz CT molecular complexity index is 915. The summed E-state index contributed by atoms with van der Waals surface area (Å²) in [5.41, 5.74) is -0.279. The van der Waals surface area contributed by atoms with E-state index in [-0.39, 0.29) is 24.0 Å². The number of hydrogen-bond acceptors (Lipinski definition) is 4. The second-order valence-corrected chi connectivity index (χ2v) is 7.17. The van der Waals surface area contributed by atoms with Crippen molar-refractivity contribution >= 4 is 17.1 Å². The molecule has 0 atom stereocenters. The molecule has 1 aliphatic carbocycles. The maximum atomic E-state index is 12.7. The summed E-state index contributed by atoms with van der Waals surface area (Å²) in [5, 5.41) is 0. The Kier molecular flexibility index (Phi) is 4.53. The summed E-state index contributed by atoms with van der Waals surface area (Å²) < 4.78 is 3.91. The van der Waals surface area contributed by atoms with Crippen LogP contribution in [0.3, 0.4) is 0 Å². The van der Waals surface area contributed by atoms with E-state index in [1.54, 1.807) is 16.5 Å². The van der Waals surface area contributed by atoms with Crippen molar-refractivity contribution in [2.75, 3.05) is 7.05 Å². The Morgan fingerprint density at radius 2 is 1.84 bits per heavy atom. The van der Waals surface area contributed by atoms with Crippen molar-refractivity contribution in [2.24, 2.45) is 20.0 Å². The average Bonchev–Trinajstić information content (AvgIpc) is 3.01. The van der Waals surface area contributed by atoms with E-state index in [2.05, 4.69) is 11.9 Å². The topological polar surface area (TPSA) is 82.1 Å². The van der Waals surface area contributed by atoms with Crippen molar-refractivity contribution in [3.8, 4) is 0 Å². The molecule has 1 saturated carbocycles. The predicted molar refractivity (Wildman–Crippen MR) is 94.4 cm³/mol. The van der Waals surface area contributed by atoms with Crippen molar-refractivity contribution in [2.45, 2.75) is 45.2 Å². The molecule has 1 aliphatic rings. The van der Waals surface area contributed by atoms with Gasteiger partial charge in [0.2, 0.25) is 5.91 Å². The van der Waals surface area contributed by atoms with Crippen LogP contribution in [0.4, 0.5) is 0 Å². The molecule has 1 fully saturated rings. The monoisotopic (exact) mass is 347 g/mol. The number of carbonyl (C=O) groups is 1. The first-order valence-corrected chi connectivity index (χ1v) is 8.67. The Labute approximate surface area is 145 Å². The Morgan fingerprint density at radius 3 is 2.48 bits per heavy atom. The van der Waals surface area contributed by atoms with E-state index in [1.165, 1.54) is 17.9 Å². The van der Waals surface area contributed by atoms with Crippen molar-refractivity contribution in [3.05, 3.63) is 27.2 Å². The zero-order valence-electron chi connectivity index (χ0n) is 15.2. The molecule has 2 aromatic heterocycles. The Morgan fingerprint density at radius 1 is 1.20 bits per heavy atom. The molecule has 2 aromatic rings. The number of fused-ring (bicyclic) bond motifs is 1. The van der Waals surface area contributed by atoms with E-state index >= 15 is 0 Å². The molecule has 0 aliphatic heterocycles. The summed E-state index contributed by atoms with van der Waals surface area (Å²) in [4.78, 5) is 43.1. The molecule has 0 unspecified atom stereocenters. The summed E-state index contributed by atoms with van der Waals surface area (Å²) in [6.07, 6.45) is 5.77. The molecule has 0 spiro atoms. The molecule has 25 heavy (non-hydrogen) atoms. The number of aromatic nitrogens is 4. The van der Waals surface area contributed by atoms with Crippen molar-refractivity contribution in [1.82, 2.24) is 23.6 Å². The van der Waals surface area contributed by atoms with Gasteiger partial charge in [0.1, 0.15) is 6.54 Å². The molecule has 3 rings (SSSR count). The maximum absolute atomic E-state index is 12.7. The lowest BCUT2D eigenvalue weighted by molar-refractivity contribution is -0.133. The standard InChI is InChI=1S/C17H25N5O3/c1-11-5-7-12(8-6-11)19(2)13(23)9-22-10-18-15-14(22)16(24)21(4)17(25)20(15)3/h10-12H,5-9H2,1-4H3. The summed E-state index contributed by atoms with van der Waals surface area (Å²) in [6.45, 7) is 2.29. The number of likely N-dealkylation sites (N-methyl/N-ethyl adjacent to an activating group) is 1. The number of hydrogen-bond donors (Lipinski definition) is 0. The molecular formula is C17H25N5O3. The summed E-state index contributed by atoms with van der Waals surface area (Å²) >= 11 is 0. The molecule has 0 saturated heterocycles. The van der Waals surface area contributed by atoms with E-state index in [9.17, 15) is 14.4 Å². The van der Waals surface area contributed by atoms with Gasteiger partial charge >= 0.3 is 5.69 Å². The zero-order chi connectivity index (χ0) is 18.3. The lowest BCUT2D eigenvalue weighted by atomic mass is 9.87. The van der Waals surface area contributed by atoms with Gasteiger partial charge < -0.3 is 9.47 Å². The maximum Gasteiger partial charge on any atom is 0.332 e. The second-order valence-electron chi connectivity index (χ2n) is 7.17. The molecule has 8 heteroatoms. The molecule has 0 bridgehead atoms. The van der Waals surface area contributed by atoms with Crippen LogP contribution in [-0.2, 0) is 25.4 Å². The zero-order valence-corrected chi connectivity index (χ0v) is 15.2. The van der Waals surface area contributed by atoms with Crippen LogP contribution in [0.1, 0.15) is 32.6 Å². The van der Waals surface area contributed by atoms with Crippen LogP contribution in [0, 0.1) is 5.92 Å². The molecule has 8 nitrogen and oxygen atoms in total. The van der Waals surface area contributed by atoms with Gasteiger partial charge in [-0.1, -0.05) is 6.92 Å². The molecule has 0 N–H and O–H groups in total. The van der Waals surface area contributed by atoms with E-state index < -0.39 is 11.2 Å². The summed E-state index contributed by atoms with van der Waals surface area (Å²) in [6, 6.07) is 0.255. The normalized spacial score (nSPS) is 20.8. The minimum atomic E-state index is -0.433. The van der Waals surface area contributed by atoms with Crippen LogP contribution in [-0.4, -0.2) is 42.6 Å². The van der Waals surface area contributed by atoms with Gasteiger partial charge in [0.05, 0.1) is 6.33 Å². The minimum Gasteiger partial charge on any atom is -0.341 e. The average molecular weight is 347 g/mol. The third-order valence-electron chi connectivity index (χ3n) is 5.45. The van der Waals surface area contributed by atoms with Crippen LogP contribution in [0.15, 0.2) is 15.9 Å². The summed E-state index contributed by atoms with van der Waals surface area (Å²) in [7, 11) is 4.83. The van der Waals surface area contributed by atoms with Crippen LogP contribution < -0.4 is 11.2 Å². The molecular weight excluding hydrogens is 322 g/mol. The SMILES string of the molecule is CC1CCC(N(C)C(=O)Cn2cnc3c2c(=O)n(C)c(=O)n3C)CC1. The Balaban J connectivity index is 1.87. The summed E-state index contributed by atoms with van der Waals surface area (Å²) in [5.74, 6) is 0.677. The lowest BCUT2D eigenvalue weighted by Gasteiger charge is -2.33. The third kappa shape index (κ3) is 3.01. The third-order valence-corrected chi connectivity index (χ3v) is 5.45. The van der Waals surface area contributed by atoms with Gasteiger partial charge in [0, 0.05) is 27.2 Å². The molecule has 0 aromatic carbocycles. The molecule has 0 radical (unpaired) electrons. The van der Waals surface area contributed by atoms with Gasteiger partial charge in [-0.3, -0.25) is 18.7 Å². The minimum absolute atomic E-state index is 0.0465. The van der Waals surface area contributed by atoms with Crippen LogP contribution in [0.2, 0.25) is 0 Å². The lowest BCUT2D eigenvalue weighted by Crippen LogP contribution is -2.41. The smallest absolute Gasteiger partial charge is 0.332 e. The highest BCUT2D eigenvalue weighted by Crippen LogP contribution is 2.26. The van der Waals surface area contributed by atoms with E-state index in [4.69, 9.17) is 0 Å². The van der Waals surface area contributed by atoms with Gasteiger partial charge in [-0.2, -0.15) is 0 Å². The van der Waals surface area contributed by atoms with E-state index in [0.29, 0.717) is 5.65 Å². The number of aryl methyl sites for hydroxylation is 1. The van der Waals surface area contributed by atoms with Gasteiger partial charge in [0.25, 0.3) is 5.56 Å². The molecule has 2 heterocycles. The predicted octanol–water partition coefficient (Wildman–Crippen LogP) is 0.471. The highest BCUT2D eigenvalue weighted by molar-refractivity contribution is 5.79. The highest BCUT2D eigenvalue weighted by Gasteiger charge is 2.25. The van der Waals surface area contributed by atoms with Gasteiger partial charge in [-0.25, -0.2) is 9.78 Å². The van der Waals surface area contributed by atoms with Crippen molar-refractivity contribution in [3.63, 3.8) is 0 Å². The number of carbonyl (C=O) groups excluding carboxylic acids is 1. The van der Waals surface area contributed by atoms with E-state index in [0.717, 1.165) is 36.2 Å². The Hall–Kier alpha value is -2.38. The van der Waals surface area contributed by atoms with Crippen LogP contribution in [0.25, 0.3) is 11.2 Å². The first-order valence-electron chi connectivity index (χ1n) is 8.67. The fourth-order valence-electron chi connectivity index (χ4n) is 3.61. The quantitative estimate of drug-likeness (QED) is 0.808.